The van der Waals surface area contributed by atoms with Crippen LogP contribution in [0.15, 0.2) is 61.7 Å². The van der Waals surface area contributed by atoms with E-state index in [1.54, 1.807) is 25.0 Å². The molecule has 1 fully saturated rings. The van der Waals surface area contributed by atoms with E-state index in [1.165, 1.54) is 0 Å². The molecule has 0 radical (unpaired) electrons. The topological polar surface area (TPSA) is 85.0 Å². The molecule has 7 heteroatoms. The molecule has 1 aliphatic carbocycles. The van der Waals surface area contributed by atoms with E-state index in [-0.39, 0.29) is 11.9 Å². The normalized spacial score (nSPS) is 22.0. The van der Waals surface area contributed by atoms with Crippen LogP contribution < -0.4 is 5.32 Å². The van der Waals surface area contributed by atoms with Gasteiger partial charge in [0.05, 0.1) is 31.2 Å². The third kappa shape index (κ3) is 4.25. The number of imidazole rings is 2. The van der Waals surface area contributed by atoms with Crippen LogP contribution in [0.1, 0.15) is 18.4 Å². The Kier molecular flexibility index (Phi) is 5.02. The minimum Gasteiger partial charge on any atom is -0.391 e. The highest BCUT2D eigenvalue weighted by atomic mass is 16.3. The van der Waals surface area contributed by atoms with Crippen LogP contribution in [0.3, 0.4) is 0 Å². The maximum Gasteiger partial charge on any atom is 0.224 e. The smallest absolute Gasteiger partial charge is 0.224 e. The lowest BCUT2D eigenvalue weighted by atomic mass is 10.1. The molecular formula is C20H23N5O2. The number of aliphatic hydroxyl groups is 1. The molecular weight excluding hydrogens is 342 g/mol. The number of carbonyl (C=O) groups is 1. The predicted octanol–water partition coefficient (Wildman–Crippen LogP) is 1.57. The lowest BCUT2D eigenvalue weighted by Gasteiger charge is -2.16. The lowest BCUT2D eigenvalue weighted by molar-refractivity contribution is -0.121. The molecule has 0 saturated heterocycles. The molecule has 2 heterocycles. The fourth-order valence-electron chi connectivity index (χ4n) is 3.76. The second kappa shape index (κ2) is 7.75. The van der Waals surface area contributed by atoms with Crippen molar-refractivity contribution < 1.29 is 9.90 Å². The van der Waals surface area contributed by atoms with Crippen molar-refractivity contribution in [1.82, 2.24) is 24.4 Å². The van der Waals surface area contributed by atoms with Gasteiger partial charge in [-0.3, -0.25) is 4.79 Å². The van der Waals surface area contributed by atoms with Gasteiger partial charge in [0.25, 0.3) is 0 Å². The van der Waals surface area contributed by atoms with E-state index in [0.29, 0.717) is 18.8 Å². The number of benzene rings is 1. The predicted molar refractivity (Wildman–Crippen MR) is 100 cm³/mol. The number of amides is 1. The van der Waals surface area contributed by atoms with Crippen LogP contribution in [0.4, 0.5) is 0 Å². The summed E-state index contributed by atoms with van der Waals surface area (Å²) in [7, 11) is 0. The summed E-state index contributed by atoms with van der Waals surface area (Å²) in [4.78, 5) is 20.5. The van der Waals surface area contributed by atoms with Gasteiger partial charge >= 0.3 is 0 Å². The van der Waals surface area contributed by atoms with Crippen molar-refractivity contribution in [3.05, 3.63) is 67.3 Å². The Balaban J connectivity index is 1.30. The Labute approximate surface area is 157 Å². The minimum atomic E-state index is -0.494. The van der Waals surface area contributed by atoms with E-state index < -0.39 is 6.10 Å². The van der Waals surface area contributed by atoms with Crippen LogP contribution in [0.25, 0.3) is 5.69 Å². The monoisotopic (exact) mass is 365 g/mol. The second-order valence-corrected chi connectivity index (χ2v) is 7.15. The standard InChI is InChI=1S/C20H23N5O2/c26-19-10-16(12-24-7-5-21-13-24)9-18(19)23-20(27)11-15-1-3-17(4-2-15)25-8-6-22-14-25/h1-8,13-14,16,18-19,26H,9-12H2,(H,23,27)/t16?,18-,19-/m1/s1. The van der Waals surface area contributed by atoms with Gasteiger partial charge in [0.15, 0.2) is 0 Å². The number of aliphatic hydroxyl groups excluding tert-OH is 1. The molecule has 7 nitrogen and oxygen atoms in total. The third-order valence-electron chi connectivity index (χ3n) is 5.10. The van der Waals surface area contributed by atoms with Gasteiger partial charge in [-0.25, -0.2) is 9.97 Å². The molecule has 27 heavy (non-hydrogen) atoms. The number of carbonyl (C=O) groups excluding carboxylic acids is 1. The first-order valence-electron chi connectivity index (χ1n) is 9.18. The zero-order chi connectivity index (χ0) is 18.6. The summed E-state index contributed by atoms with van der Waals surface area (Å²) in [5.41, 5.74) is 1.95. The highest BCUT2D eigenvalue weighted by molar-refractivity contribution is 5.79. The molecule has 0 bridgehead atoms. The van der Waals surface area contributed by atoms with Crippen LogP contribution in [-0.4, -0.2) is 42.3 Å². The number of hydrogen-bond acceptors (Lipinski definition) is 4. The Bertz CT molecular complexity index is 858. The summed E-state index contributed by atoms with van der Waals surface area (Å²) >= 11 is 0. The number of aromatic nitrogens is 4. The Morgan fingerprint density at radius 1 is 1.11 bits per heavy atom. The SMILES string of the molecule is O=C(Cc1ccc(-n2ccnc2)cc1)N[C@@H]1CC(Cn2ccnc2)C[C@H]1O. The van der Waals surface area contributed by atoms with Crippen molar-refractivity contribution in [3.8, 4) is 5.69 Å². The molecule has 1 aromatic carbocycles. The van der Waals surface area contributed by atoms with Crippen molar-refractivity contribution in [2.75, 3.05) is 0 Å². The van der Waals surface area contributed by atoms with Gasteiger partial charge < -0.3 is 19.6 Å². The van der Waals surface area contributed by atoms with Crippen LogP contribution in [-0.2, 0) is 17.8 Å². The zero-order valence-corrected chi connectivity index (χ0v) is 15.0. The van der Waals surface area contributed by atoms with Crippen molar-refractivity contribution in [2.24, 2.45) is 5.92 Å². The fourth-order valence-corrected chi connectivity index (χ4v) is 3.76. The van der Waals surface area contributed by atoms with Gasteiger partial charge in [0.2, 0.25) is 5.91 Å². The first kappa shape index (κ1) is 17.5. The van der Waals surface area contributed by atoms with Gasteiger partial charge in [0.1, 0.15) is 0 Å². The molecule has 1 unspecified atom stereocenters. The molecule has 0 aliphatic heterocycles. The van der Waals surface area contributed by atoms with E-state index >= 15 is 0 Å². The summed E-state index contributed by atoms with van der Waals surface area (Å²) in [6.45, 7) is 0.819. The summed E-state index contributed by atoms with van der Waals surface area (Å²) in [5, 5.41) is 13.3. The van der Waals surface area contributed by atoms with Crippen molar-refractivity contribution in [1.29, 1.82) is 0 Å². The van der Waals surface area contributed by atoms with Crippen LogP contribution in [0.2, 0.25) is 0 Å². The lowest BCUT2D eigenvalue weighted by Crippen LogP contribution is -2.40. The van der Waals surface area contributed by atoms with Crippen molar-refractivity contribution >= 4 is 5.91 Å². The molecule has 1 amide bonds. The van der Waals surface area contributed by atoms with Crippen LogP contribution >= 0.6 is 0 Å². The average Bonchev–Trinajstić information content (AvgIpc) is 3.40. The van der Waals surface area contributed by atoms with Crippen LogP contribution in [0.5, 0.6) is 0 Å². The molecule has 1 aliphatic rings. The minimum absolute atomic E-state index is 0.0577. The molecule has 140 valence electrons. The third-order valence-corrected chi connectivity index (χ3v) is 5.10. The van der Waals surface area contributed by atoms with Crippen molar-refractivity contribution in [2.45, 2.75) is 38.0 Å². The first-order valence-corrected chi connectivity index (χ1v) is 9.18. The summed E-state index contributed by atoms with van der Waals surface area (Å²) in [6, 6.07) is 7.64. The highest BCUT2D eigenvalue weighted by Gasteiger charge is 2.33. The number of nitrogens with one attached hydrogen (secondary N) is 1. The van der Waals surface area contributed by atoms with E-state index in [2.05, 4.69) is 15.3 Å². The summed E-state index contributed by atoms with van der Waals surface area (Å²) < 4.78 is 3.93. The molecule has 2 N–H and O–H groups in total. The highest BCUT2D eigenvalue weighted by Crippen LogP contribution is 2.27. The maximum atomic E-state index is 12.4. The largest absolute Gasteiger partial charge is 0.391 e. The van der Waals surface area contributed by atoms with Crippen molar-refractivity contribution in [3.63, 3.8) is 0 Å². The van der Waals surface area contributed by atoms with Gasteiger partial charge in [-0.2, -0.15) is 0 Å². The van der Waals surface area contributed by atoms with Gasteiger partial charge in [0, 0.05) is 37.0 Å². The van der Waals surface area contributed by atoms with E-state index in [4.69, 9.17) is 0 Å². The molecule has 3 atom stereocenters. The molecule has 1 saturated carbocycles. The first-order chi connectivity index (χ1) is 13.2. The molecule has 0 spiro atoms. The molecule has 2 aromatic heterocycles. The van der Waals surface area contributed by atoms with Gasteiger partial charge in [-0.05, 0) is 36.5 Å². The maximum absolute atomic E-state index is 12.4. The molecule has 4 rings (SSSR count). The second-order valence-electron chi connectivity index (χ2n) is 7.15. The van der Waals surface area contributed by atoms with E-state index in [9.17, 15) is 9.90 Å². The Hall–Kier alpha value is -2.93. The summed E-state index contributed by atoms with van der Waals surface area (Å²) in [6.07, 6.45) is 12.1. The van der Waals surface area contributed by atoms with Gasteiger partial charge in [-0.1, -0.05) is 12.1 Å². The fraction of sp³-hybridized carbons (Fsp3) is 0.350. The zero-order valence-electron chi connectivity index (χ0n) is 15.0. The Morgan fingerprint density at radius 3 is 2.59 bits per heavy atom. The number of hydrogen-bond donors (Lipinski definition) is 2. The number of rotatable bonds is 6. The number of nitrogens with zero attached hydrogens (tertiary/aromatic N) is 4. The summed E-state index contributed by atoms with van der Waals surface area (Å²) in [5.74, 6) is 0.284. The van der Waals surface area contributed by atoms with Gasteiger partial charge in [-0.15, -0.1) is 0 Å². The quantitative estimate of drug-likeness (QED) is 0.694. The van der Waals surface area contributed by atoms with Crippen LogP contribution in [0, 0.1) is 5.92 Å². The van der Waals surface area contributed by atoms with E-state index in [0.717, 1.165) is 24.2 Å². The average molecular weight is 365 g/mol. The Morgan fingerprint density at radius 2 is 1.89 bits per heavy atom. The van der Waals surface area contributed by atoms with E-state index in [1.807, 2.05) is 45.8 Å². The molecule has 3 aromatic rings.